The number of rotatable bonds is 4. The van der Waals surface area contributed by atoms with Gasteiger partial charge in [-0.1, -0.05) is 35.4 Å². The van der Waals surface area contributed by atoms with E-state index in [4.69, 9.17) is 0 Å². The van der Waals surface area contributed by atoms with Crippen molar-refractivity contribution in [2.75, 3.05) is 0 Å². The van der Waals surface area contributed by atoms with Gasteiger partial charge in [-0.3, -0.25) is 4.79 Å². The number of nitrogens with one attached hydrogen (secondary N) is 1. The van der Waals surface area contributed by atoms with Crippen molar-refractivity contribution in [1.82, 2.24) is 5.32 Å². The second kappa shape index (κ2) is 5.38. The van der Waals surface area contributed by atoms with E-state index in [1.54, 1.807) is 6.08 Å². The van der Waals surface area contributed by atoms with Gasteiger partial charge in [0.1, 0.15) is 0 Å². The molecule has 0 radical (unpaired) electrons. The van der Waals surface area contributed by atoms with E-state index in [0.29, 0.717) is 5.92 Å². The van der Waals surface area contributed by atoms with Crippen LogP contribution in [0.15, 0.2) is 35.9 Å². The van der Waals surface area contributed by atoms with Gasteiger partial charge in [-0.15, -0.1) is 0 Å². The van der Waals surface area contributed by atoms with E-state index in [1.165, 1.54) is 24.0 Å². The monoisotopic (exact) mass is 243 g/mol. The van der Waals surface area contributed by atoms with Gasteiger partial charge >= 0.3 is 0 Å². The second-order valence-electron chi connectivity index (χ2n) is 5.46. The van der Waals surface area contributed by atoms with Gasteiger partial charge < -0.3 is 5.32 Å². The predicted octanol–water partition coefficient (Wildman–Crippen LogP) is 3.53. The van der Waals surface area contributed by atoms with Crippen molar-refractivity contribution >= 4 is 5.91 Å². The van der Waals surface area contributed by atoms with Crippen molar-refractivity contribution in [3.8, 4) is 0 Å². The zero-order chi connectivity index (χ0) is 13.1. The minimum absolute atomic E-state index is 0.0208. The average molecular weight is 243 g/mol. The number of allylic oxidation sites excluding steroid dienone is 1. The summed E-state index contributed by atoms with van der Waals surface area (Å²) in [6.45, 7) is 5.97. The molecule has 2 heteroatoms. The zero-order valence-electron chi connectivity index (χ0n) is 11.4. The van der Waals surface area contributed by atoms with E-state index in [1.807, 2.05) is 13.8 Å². The quantitative estimate of drug-likeness (QED) is 0.805. The molecule has 1 fully saturated rings. The third-order valence-corrected chi connectivity index (χ3v) is 3.25. The van der Waals surface area contributed by atoms with Crippen LogP contribution in [0.1, 0.15) is 43.9 Å². The molecule has 1 amide bonds. The maximum atomic E-state index is 11.8. The summed E-state index contributed by atoms with van der Waals surface area (Å²) in [5.41, 5.74) is 3.51. The first-order valence-electron chi connectivity index (χ1n) is 6.58. The lowest BCUT2D eigenvalue weighted by molar-refractivity contribution is -0.117. The summed E-state index contributed by atoms with van der Waals surface area (Å²) in [5.74, 6) is 0.634. The minimum atomic E-state index is 0.0208. The largest absolute Gasteiger partial charge is 0.345 e. The molecule has 1 aromatic carbocycles. The van der Waals surface area contributed by atoms with Gasteiger partial charge in [0.25, 0.3) is 0 Å². The highest BCUT2D eigenvalue weighted by Gasteiger charge is 2.32. The first-order valence-corrected chi connectivity index (χ1v) is 6.58. The number of carbonyl (C=O) groups excluding carboxylic acids is 1. The van der Waals surface area contributed by atoms with Gasteiger partial charge in [0.2, 0.25) is 5.91 Å². The van der Waals surface area contributed by atoms with Crippen molar-refractivity contribution < 1.29 is 4.79 Å². The van der Waals surface area contributed by atoms with Gasteiger partial charge in [0.15, 0.2) is 0 Å². The molecule has 1 aromatic rings. The molecule has 1 unspecified atom stereocenters. The third kappa shape index (κ3) is 3.46. The van der Waals surface area contributed by atoms with Crippen LogP contribution in [0.4, 0.5) is 0 Å². The van der Waals surface area contributed by atoms with E-state index in [2.05, 4.69) is 36.5 Å². The van der Waals surface area contributed by atoms with Crippen LogP contribution in [0.25, 0.3) is 0 Å². The molecule has 96 valence electrons. The summed E-state index contributed by atoms with van der Waals surface area (Å²) in [6, 6.07) is 8.64. The Bertz CT molecular complexity index is 450. The molecular weight excluding hydrogens is 222 g/mol. The highest BCUT2D eigenvalue weighted by molar-refractivity contribution is 5.88. The number of carbonyl (C=O) groups is 1. The van der Waals surface area contributed by atoms with Crippen LogP contribution in [-0.2, 0) is 4.79 Å². The normalized spacial score (nSPS) is 15.9. The molecule has 1 aliphatic carbocycles. The van der Waals surface area contributed by atoms with E-state index >= 15 is 0 Å². The molecule has 1 saturated carbocycles. The molecule has 2 rings (SSSR count). The highest BCUT2D eigenvalue weighted by Crippen LogP contribution is 2.41. The van der Waals surface area contributed by atoms with Crippen LogP contribution < -0.4 is 5.32 Å². The highest BCUT2D eigenvalue weighted by atomic mass is 16.1. The predicted molar refractivity (Wildman–Crippen MR) is 74.2 cm³/mol. The van der Waals surface area contributed by atoms with Crippen molar-refractivity contribution in [3.63, 3.8) is 0 Å². The Morgan fingerprint density at radius 2 is 1.89 bits per heavy atom. The van der Waals surface area contributed by atoms with Crippen molar-refractivity contribution in [2.24, 2.45) is 5.92 Å². The maximum absolute atomic E-state index is 11.8. The lowest BCUT2D eigenvalue weighted by Crippen LogP contribution is -2.28. The molecule has 0 heterocycles. The molecule has 1 N–H and O–H groups in total. The van der Waals surface area contributed by atoms with Crippen LogP contribution in [-0.4, -0.2) is 5.91 Å². The first kappa shape index (κ1) is 12.9. The Morgan fingerprint density at radius 1 is 1.28 bits per heavy atom. The summed E-state index contributed by atoms with van der Waals surface area (Å²) in [5, 5.41) is 3.13. The number of hydrogen-bond donors (Lipinski definition) is 1. The molecule has 0 saturated heterocycles. The molecular formula is C16H21NO. The first-order chi connectivity index (χ1) is 8.56. The number of aryl methyl sites for hydroxylation is 1. The summed E-state index contributed by atoms with van der Waals surface area (Å²) >= 11 is 0. The second-order valence-corrected chi connectivity index (χ2v) is 5.46. The van der Waals surface area contributed by atoms with E-state index < -0.39 is 0 Å². The fourth-order valence-corrected chi connectivity index (χ4v) is 2.13. The molecule has 0 bridgehead atoms. The van der Waals surface area contributed by atoms with Crippen molar-refractivity contribution in [2.45, 2.75) is 39.7 Å². The molecule has 0 aromatic heterocycles. The van der Waals surface area contributed by atoms with Gasteiger partial charge in [0.05, 0.1) is 6.04 Å². The zero-order valence-corrected chi connectivity index (χ0v) is 11.4. The lowest BCUT2D eigenvalue weighted by Gasteiger charge is -2.18. The van der Waals surface area contributed by atoms with Crippen LogP contribution in [0.3, 0.4) is 0 Å². The van der Waals surface area contributed by atoms with E-state index in [9.17, 15) is 4.79 Å². The number of hydrogen-bond acceptors (Lipinski definition) is 1. The maximum Gasteiger partial charge on any atom is 0.244 e. The van der Waals surface area contributed by atoms with E-state index in [-0.39, 0.29) is 11.9 Å². The van der Waals surface area contributed by atoms with Crippen LogP contribution >= 0.6 is 0 Å². The summed E-state index contributed by atoms with van der Waals surface area (Å²) in [6.07, 6.45) is 4.10. The summed E-state index contributed by atoms with van der Waals surface area (Å²) in [4.78, 5) is 11.8. The molecule has 1 atom stereocenters. The van der Waals surface area contributed by atoms with Gasteiger partial charge in [-0.05, 0) is 45.1 Å². The van der Waals surface area contributed by atoms with Crippen molar-refractivity contribution in [1.29, 1.82) is 0 Å². The summed E-state index contributed by atoms with van der Waals surface area (Å²) < 4.78 is 0. The lowest BCUT2D eigenvalue weighted by atomic mass is 10.0. The Balaban J connectivity index is 2.11. The third-order valence-electron chi connectivity index (χ3n) is 3.25. The standard InChI is InChI=1S/C16H21NO/c1-11(2)10-15(18)17-16(14-8-9-14)13-6-4-12(3)5-7-13/h4-7,10,14,16H,8-9H2,1-3H3,(H,17,18). The van der Waals surface area contributed by atoms with Crippen LogP contribution in [0, 0.1) is 12.8 Å². The molecule has 18 heavy (non-hydrogen) atoms. The fraction of sp³-hybridized carbons (Fsp3) is 0.438. The Hall–Kier alpha value is -1.57. The smallest absolute Gasteiger partial charge is 0.244 e. The Kier molecular flexibility index (Phi) is 3.85. The number of benzene rings is 1. The van der Waals surface area contributed by atoms with Gasteiger partial charge in [-0.25, -0.2) is 0 Å². The number of amides is 1. The van der Waals surface area contributed by atoms with Gasteiger partial charge in [0, 0.05) is 6.08 Å². The van der Waals surface area contributed by atoms with Crippen molar-refractivity contribution in [3.05, 3.63) is 47.0 Å². The molecule has 0 aliphatic heterocycles. The molecule has 2 nitrogen and oxygen atoms in total. The molecule has 0 spiro atoms. The van der Waals surface area contributed by atoms with E-state index in [0.717, 1.165) is 5.57 Å². The average Bonchev–Trinajstić information content (AvgIpc) is 3.10. The topological polar surface area (TPSA) is 29.1 Å². The van der Waals surface area contributed by atoms with Crippen LogP contribution in [0.5, 0.6) is 0 Å². The fourth-order valence-electron chi connectivity index (χ4n) is 2.13. The van der Waals surface area contributed by atoms with Gasteiger partial charge in [-0.2, -0.15) is 0 Å². The van der Waals surface area contributed by atoms with Crippen LogP contribution in [0.2, 0.25) is 0 Å². The Labute approximate surface area is 109 Å². The SMILES string of the molecule is CC(C)=CC(=O)NC(c1ccc(C)cc1)C1CC1. The Morgan fingerprint density at radius 3 is 2.39 bits per heavy atom. The summed E-state index contributed by atoms with van der Waals surface area (Å²) in [7, 11) is 0. The minimum Gasteiger partial charge on any atom is -0.345 e. The molecule has 1 aliphatic rings.